The van der Waals surface area contributed by atoms with Gasteiger partial charge < -0.3 is 10.0 Å². The number of hydrogen-bond donors (Lipinski definition) is 1. The lowest BCUT2D eigenvalue weighted by Gasteiger charge is -2.17. The van der Waals surface area contributed by atoms with Gasteiger partial charge in [0.05, 0.1) is 6.10 Å². The lowest BCUT2D eigenvalue weighted by Crippen LogP contribution is -2.25. The molecule has 0 aromatic carbocycles. The first kappa shape index (κ1) is 9.09. The fraction of sp³-hybridized carbons (Fsp3) is 0.636. The molecule has 3 unspecified atom stereocenters. The van der Waals surface area contributed by atoms with Crippen molar-refractivity contribution >= 4 is 5.95 Å². The van der Waals surface area contributed by atoms with E-state index in [4.69, 9.17) is 0 Å². The van der Waals surface area contributed by atoms with Crippen LogP contribution in [-0.4, -0.2) is 34.3 Å². The normalized spacial score (nSPS) is 34.5. The summed E-state index contributed by atoms with van der Waals surface area (Å²) in [5.74, 6) is 1.89. The van der Waals surface area contributed by atoms with Crippen LogP contribution in [0.25, 0.3) is 0 Å². The summed E-state index contributed by atoms with van der Waals surface area (Å²) in [6.45, 7) is 1.92. The van der Waals surface area contributed by atoms with Gasteiger partial charge in [-0.05, 0) is 24.8 Å². The Bertz CT molecular complexity index is 343. The van der Waals surface area contributed by atoms with Gasteiger partial charge in [-0.3, -0.25) is 0 Å². The van der Waals surface area contributed by atoms with Crippen molar-refractivity contribution in [1.29, 1.82) is 0 Å². The van der Waals surface area contributed by atoms with Gasteiger partial charge in [-0.25, -0.2) is 9.97 Å². The number of nitrogens with zero attached hydrogens (tertiary/aromatic N) is 3. The Labute approximate surface area is 89.0 Å². The first-order valence-corrected chi connectivity index (χ1v) is 5.54. The number of rotatable bonds is 1. The summed E-state index contributed by atoms with van der Waals surface area (Å²) in [7, 11) is 0. The van der Waals surface area contributed by atoms with Crippen LogP contribution in [-0.2, 0) is 0 Å². The summed E-state index contributed by atoms with van der Waals surface area (Å²) in [5, 5.41) is 9.80. The summed E-state index contributed by atoms with van der Waals surface area (Å²) in [6, 6.07) is 1.83. The van der Waals surface area contributed by atoms with E-state index >= 15 is 0 Å². The molecular weight excluding hydrogens is 190 g/mol. The minimum atomic E-state index is -0.108. The topological polar surface area (TPSA) is 49.2 Å². The molecule has 3 rings (SSSR count). The highest BCUT2D eigenvalue weighted by atomic mass is 16.3. The lowest BCUT2D eigenvalue weighted by atomic mass is 10.00. The highest BCUT2D eigenvalue weighted by Crippen LogP contribution is 2.38. The maximum atomic E-state index is 9.80. The Hall–Kier alpha value is -1.16. The van der Waals surface area contributed by atoms with Gasteiger partial charge in [0.15, 0.2) is 0 Å². The summed E-state index contributed by atoms with van der Waals surface area (Å²) in [4.78, 5) is 10.7. The zero-order valence-corrected chi connectivity index (χ0v) is 8.58. The molecule has 1 aromatic heterocycles. The zero-order chi connectivity index (χ0) is 10.3. The molecule has 15 heavy (non-hydrogen) atoms. The highest BCUT2D eigenvalue weighted by Gasteiger charge is 2.42. The van der Waals surface area contributed by atoms with Gasteiger partial charge in [0, 0.05) is 31.4 Å². The molecule has 0 amide bonds. The molecule has 1 saturated carbocycles. The molecule has 0 spiro atoms. The van der Waals surface area contributed by atoms with Crippen LogP contribution in [0.3, 0.4) is 0 Å². The van der Waals surface area contributed by atoms with Crippen LogP contribution in [0.1, 0.15) is 12.8 Å². The molecule has 1 aromatic rings. The molecule has 2 heterocycles. The third kappa shape index (κ3) is 1.49. The summed E-state index contributed by atoms with van der Waals surface area (Å²) in [6.07, 6.45) is 5.55. The Morgan fingerprint density at radius 1 is 1.20 bits per heavy atom. The van der Waals surface area contributed by atoms with E-state index in [9.17, 15) is 5.11 Å². The van der Waals surface area contributed by atoms with Gasteiger partial charge in [0.2, 0.25) is 5.95 Å². The number of hydrogen-bond acceptors (Lipinski definition) is 4. The second-order valence-corrected chi connectivity index (χ2v) is 4.52. The molecule has 0 bridgehead atoms. The van der Waals surface area contributed by atoms with Crippen molar-refractivity contribution < 1.29 is 5.11 Å². The molecule has 1 aliphatic heterocycles. The van der Waals surface area contributed by atoms with Crippen LogP contribution in [0.15, 0.2) is 18.5 Å². The highest BCUT2D eigenvalue weighted by molar-refractivity contribution is 5.31. The Balaban J connectivity index is 1.77. The molecule has 3 atom stereocenters. The van der Waals surface area contributed by atoms with Gasteiger partial charge in [-0.1, -0.05) is 0 Å². The molecule has 80 valence electrons. The van der Waals surface area contributed by atoms with Gasteiger partial charge in [0.1, 0.15) is 0 Å². The van der Waals surface area contributed by atoms with Crippen molar-refractivity contribution in [3.63, 3.8) is 0 Å². The predicted octanol–water partition coefficient (Wildman–Crippen LogP) is 0.684. The number of aromatic nitrogens is 2. The quantitative estimate of drug-likeness (QED) is 0.732. The Morgan fingerprint density at radius 3 is 2.73 bits per heavy atom. The van der Waals surface area contributed by atoms with Crippen molar-refractivity contribution in [2.24, 2.45) is 11.8 Å². The Kier molecular flexibility index (Phi) is 2.09. The van der Waals surface area contributed by atoms with E-state index in [2.05, 4.69) is 14.9 Å². The summed E-state index contributed by atoms with van der Waals surface area (Å²) in [5.41, 5.74) is 0. The van der Waals surface area contributed by atoms with Crippen LogP contribution in [0.2, 0.25) is 0 Å². The van der Waals surface area contributed by atoms with Gasteiger partial charge in [-0.2, -0.15) is 0 Å². The summed E-state index contributed by atoms with van der Waals surface area (Å²) < 4.78 is 0. The maximum absolute atomic E-state index is 9.80. The number of aliphatic hydroxyl groups excluding tert-OH is 1. The van der Waals surface area contributed by atoms with E-state index in [1.807, 2.05) is 6.07 Å². The number of fused-ring (bicyclic) bond motifs is 1. The first-order chi connectivity index (χ1) is 7.34. The van der Waals surface area contributed by atoms with E-state index in [1.165, 1.54) is 0 Å². The van der Waals surface area contributed by atoms with E-state index < -0.39 is 0 Å². The average molecular weight is 205 g/mol. The van der Waals surface area contributed by atoms with Crippen molar-refractivity contribution in [3.05, 3.63) is 18.5 Å². The van der Waals surface area contributed by atoms with E-state index in [0.29, 0.717) is 11.8 Å². The van der Waals surface area contributed by atoms with Gasteiger partial charge in [0.25, 0.3) is 0 Å². The number of anilines is 1. The van der Waals surface area contributed by atoms with Crippen molar-refractivity contribution in [2.45, 2.75) is 18.9 Å². The van der Waals surface area contributed by atoms with Gasteiger partial charge >= 0.3 is 0 Å². The standard InChI is InChI=1S/C11H15N3O/c15-10-3-2-8-6-14(7-9(8)10)11-12-4-1-5-13-11/h1,4-5,8-10,15H,2-3,6-7H2. The molecule has 4 heteroatoms. The monoisotopic (exact) mass is 205 g/mol. The van der Waals surface area contributed by atoms with Crippen LogP contribution in [0.5, 0.6) is 0 Å². The molecule has 2 aliphatic rings. The molecular formula is C11H15N3O. The Morgan fingerprint density at radius 2 is 2.00 bits per heavy atom. The van der Waals surface area contributed by atoms with Crippen LogP contribution in [0.4, 0.5) is 5.95 Å². The fourth-order valence-corrected chi connectivity index (χ4v) is 2.85. The molecule has 4 nitrogen and oxygen atoms in total. The molecule has 2 fully saturated rings. The molecule has 1 saturated heterocycles. The first-order valence-electron chi connectivity index (χ1n) is 5.54. The summed E-state index contributed by atoms with van der Waals surface area (Å²) >= 11 is 0. The maximum Gasteiger partial charge on any atom is 0.225 e. The van der Waals surface area contributed by atoms with Gasteiger partial charge in [-0.15, -0.1) is 0 Å². The van der Waals surface area contributed by atoms with Crippen LogP contribution in [0, 0.1) is 11.8 Å². The van der Waals surface area contributed by atoms with Crippen LogP contribution >= 0.6 is 0 Å². The van der Waals surface area contributed by atoms with Crippen LogP contribution < -0.4 is 4.90 Å². The number of aliphatic hydroxyl groups is 1. The SMILES string of the molecule is OC1CCC2CN(c3ncccn3)CC12. The third-order valence-electron chi connectivity index (χ3n) is 3.65. The molecule has 1 aliphatic carbocycles. The molecule has 1 N–H and O–H groups in total. The van der Waals surface area contributed by atoms with Crippen molar-refractivity contribution in [3.8, 4) is 0 Å². The second kappa shape index (κ2) is 3.45. The third-order valence-corrected chi connectivity index (χ3v) is 3.65. The zero-order valence-electron chi connectivity index (χ0n) is 8.58. The van der Waals surface area contributed by atoms with Crippen molar-refractivity contribution in [1.82, 2.24) is 9.97 Å². The largest absolute Gasteiger partial charge is 0.393 e. The van der Waals surface area contributed by atoms with E-state index in [-0.39, 0.29) is 6.10 Å². The second-order valence-electron chi connectivity index (χ2n) is 4.52. The van der Waals surface area contributed by atoms with E-state index in [1.54, 1.807) is 12.4 Å². The molecule has 0 radical (unpaired) electrons. The smallest absolute Gasteiger partial charge is 0.225 e. The minimum absolute atomic E-state index is 0.108. The minimum Gasteiger partial charge on any atom is -0.393 e. The van der Waals surface area contributed by atoms with Crippen molar-refractivity contribution in [2.75, 3.05) is 18.0 Å². The van der Waals surface area contributed by atoms with E-state index in [0.717, 1.165) is 31.9 Å². The predicted molar refractivity (Wildman–Crippen MR) is 56.5 cm³/mol. The lowest BCUT2D eigenvalue weighted by molar-refractivity contribution is 0.133. The average Bonchev–Trinajstić information content (AvgIpc) is 2.83. The fourth-order valence-electron chi connectivity index (χ4n) is 2.85.